The monoisotopic (exact) mass is 276 g/mol. The van der Waals surface area contributed by atoms with Crippen LogP contribution in [0.3, 0.4) is 0 Å². The smallest absolute Gasteiger partial charge is 0.243 e. The number of carbonyl (C=O) groups is 1. The lowest BCUT2D eigenvalue weighted by Gasteiger charge is -2.08. The Hall–Kier alpha value is -2.43. The number of rotatable bonds is 4. The Morgan fingerprint density at radius 3 is 2.35 bits per heavy atom. The summed E-state index contributed by atoms with van der Waals surface area (Å²) in [6.07, 6.45) is 0. The highest BCUT2D eigenvalue weighted by atomic mass is 19.1. The van der Waals surface area contributed by atoms with E-state index in [1.165, 1.54) is 30.3 Å². The standard InChI is InChI=1S/C15H14F2N2O/c1-10-2-5-13(8-14(10)17)19-15(20)9-18-12-6-3-11(16)4-7-12/h2-8,18H,9H2,1H3,(H,19,20). The molecule has 0 aliphatic rings. The van der Waals surface area contributed by atoms with Crippen molar-refractivity contribution in [3.8, 4) is 0 Å². The zero-order valence-corrected chi connectivity index (χ0v) is 10.9. The van der Waals surface area contributed by atoms with Gasteiger partial charge < -0.3 is 10.6 Å². The van der Waals surface area contributed by atoms with Gasteiger partial charge in [-0.1, -0.05) is 6.07 Å². The molecule has 1 amide bonds. The van der Waals surface area contributed by atoms with Gasteiger partial charge in [0.05, 0.1) is 6.54 Å². The molecule has 104 valence electrons. The summed E-state index contributed by atoms with van der Waals surface area (Å²) >= 11 is 0. The van der Waals surface area contributed by atoms with E-state index in [-0.39, 0.29) is 24.1 Å². The van der Waals surface area contributed by atoms with Gasteiger partial charge in [-0.3, -0.25) is 4.79 Å². The molecule has 2 aromatic carbocycles. The van der Waals surface area contributed by atoms with Crippen LogP contribution in [0, 0.1) is 18.6 Å². The van der Waals surface area contributed by atoms with Gasteiger partial charge in [-0.05, 0) is 48.9 Å². The van der Waals surface area contributed by atoms with Crippen LogP contribution in [0.4, 0.5) is 20.2 Å². The lowest BCUT2D eigenvalue weighted by molar-refractivity contribution is -0.114. The first kappa shape index (κ1) is 14.0. The second-order valence-electron chi connectivity index (χ2n) is 4.37. The molecule has 3 nitrogen and oxygen atoms in total. The summed E-state index contributed by atoms with van der Waals surface area (Å²) in [6.45, 7) is 1.66. The average Bonchev–Trinajstić information content (AvgIpc) is 2.42. The maximum Gasteiger partial charge on any atom is 0.243 e. The molecular weight excluding hydrogens is 262 g/mol. The van der Waals surface area contributed by atoms with Gasteiger partial charge in [0.1, 0.15) is 11.6 Å². The van der Waals surface area contributed by atoms with Crippen molar-refractivity contribution in [2.75, 3.05) is 17.2 Å². The molecule has 0 radical (unpaired) electrons. The van der Waals surface area contributed by atoms with Crippen molar-refractivity contribution < 1.29 is 13.6 Å². The van der Waals surface area contributed by atoms with Crippen LogP contribution < -0.4 is 10.6 Å². The second-order valence-corrected chi connectivity index (χ2v) is 4.37. The highest BCUT2D eigenvalue weighted by Gasteiger charge is 2.04. The first-order valence-electron chi connectivity index (χ1n) is 6.10. The Morgan fingerprint density at radius 1 is 1.05 bits per heavy atom. The minimum absolute atomic E-state index is 0.0150. The van der Waals surface area contributed by atoms with Crippen molar-refractivity contribution >= 4 is 17.3 Å². The van der Waals surface area contributed by atoms with Gasteiger partial charge in [0, 0.05) is 11.4 Å². The predicted octanol–water partition coefficient (Wildman–Crippen LogP) is 3.32. The Balaban J connectivity index is 1.89. The fraction of sp³-hybridized carbons (Fsp3) is 0.133. The lowest BCUT2D eigenvalue weighted by atomic mass is 10.2. The second kappa shape index (κ2) is 6.14. The molecular formula is C15H14F2N2O. The van der Waals surface area contributed by atoms with Crippen molar-refractivity contribution in [3.63, 3.8) is 0 Å². The first-order valence-corrected chi connectivity index (χ1v) is 6.10. The summed E-state index contributed by atoms with van der Waals surface area (Å²) in [5, 5.41) is 5.42. The maximum atomic E-state index is 13.3. The Bertz CT molecular complexity index is 612. The van der Waals surface area contributed by atoms with Crippen LogP contribution in [0.25, 0.3) is 0 Å². The molecule has 20 heavy (non-hydrogen) atoms. The maximum absolute atomic E-state index is 13.3. The van der Waals surface area contributed by atoms with E-state index in [2.05, 4.69) is 10.6 Å². The molecule has 0 spiro atoms. The van der Waals surface area contributed by atoms with E-state index >= 15 is 0 Å². The normalized spacial score (nSPS) is 10.2. The summed E-state index contributed by atoms with van der Waals surface area (Å²) in [7, 11) is 0. The molecule has 2 N–H and O–H groups in total. The third-order valence-corrected chi connectivity index (χ3v) is 2.75. The molecule has 0 aliphatic heterocycles. The van der Waals surface area contributed by atoms with Crippen molar-refractivity contribution in [1.82, 2.24) is 0 Å². The Kier molecular flexibility index (Phi) is 4.30. The fourth-order valence-corrected chi connectivity index (χ4v) is 1.63. The van der Waals surface area contributed by atoms with E-state index in [0.717, 1.165) is 0 Å². The number of halogens is 2. The zero-order chi connectivity index (χ0) is 14.5. The van der Waals surface area contributed by atoms with Crippen molar-refractivity contribution in [1.29, 1.82) is 0 Å². The highest BCUT2D eigenvalue weighted by Crippen LogP contribution is 2.13. The summed E-state index contributed by atoms with van der Waals surface area (Å²) < 4.78 is 26.0. The van der Waals surface area contributed by atoms with Gasteiger partial charge in [0.25, 0.3) is 0 Å². The molecule has 5 heteroatoms. The van der Waals surface area contributed by atoms with Crippen molar-refractivity contribution in [2.45, 2.75) is 6.92 Å². The fourth-order valence-electron chi connectivity index (χ4n) is 1.63. The Labute approximate surface area is 115 Å². The first-order chi connectivity index (χ1) is 9.54. The highest BCUT2D eigenvalue weighted by molar-refractivity contribution is 5.93. The molecule has 2 aromatic rings. The van der Waals surface area contributed by atoms with Crippen LogP contribution in [0.2, 0.25) is 0 Å². The van der Waals surface area contributed by atoms with Gasteiger partial charge in [0.15, 0.2) is 0 Å². The van der Waals surface area contributed by atoms with Crippen LogP contribution >= 0.6 is 0 Å². The molecule has 0 aromatic heterocycles. The molecule has 0 saturated carbocycles. The number of benzene rings is 2. The van der Waals surface area contributed by atoms with Crippen LogP contribution in [0.5, 0.6) is 0 Å². The number of hydrogen-bond donors (Lipinski definition) is 2. The molecule has 0 fully saturated rings. The molecule has 0 aliphatic carbocycles. The van der Waals surface area contributed by atoms with Gasteiger partial charge in [-0.2, -0.15) is 0 Å². The lowest BCUT2D eigenvalue weighted by Crippen LogP contribution is -2.21. The van der Waals surface area contributed by atoms with Gasteiger partial charge >= 0.3 is 0 Å². The van der Waals surface area contributed by atoms with Crippen LogP contribution in [-0.2, 0) is 4.79 Å². The molecule has 0 unspecified atom stereocenters. The number of nitrogens with one attached hydrogen (secondary N) is 2. The van der Waals surface area contributed by atoms with Crippen molar-refractivity contribution in [2.24, 2.45) is 0 Å². The molecule has 0 saturated heterocycles. The van der Waals surface area contributed by atoms with Crippen molar-refractivity contribution in [3.05, 3.63) is 59.7 Å². The number of hydrogen-bond acceptors (Lipinski definition) is 2. The molecule has 0 atom stereocenters. The van der Waals surface area contributed by atoms with E-state index in [9.17, 15) is 13.6 Å². The van der Waals surface area contributed by atoms with Crippen LogP contribution in [0.15, 0.2) is 42.5 Å². The summed E-state index contributed by atoms with van der Waals surface area (Å²) in [4.78, 5) is 11.7. The predicted molar refractivity (Wildman–Crippen MR) is 74.7 cm³/mol. The summed E-state index contributed by atoms with van der Waals surface area (Å²) in [5.74, 6) is -1.01. The van der Waals surface area contributed by atoms with Crippen LogP contribution in [0.1, 0.15) is 5.56 Å². The third-order valence-electron chi connectivity index (χ3n) is 2.75. The topological polar surface area (TPSA) is 41.1 Å². The largest absolute Gasteiger partial charge is 0.376 e. The summed E-state index contributed by atoms with van der Waals surface area (Å²) in [5.41, 5.74) is 1.56. The van der Waals surface area contributed by atoms with E-state index < -0.39 is 0 Å². The SMILES string of the molecule is Cc1ccc(NC(=O)CNc2ccc(F)cc2)cc1F. The molecule has 0 heterocycles. The average molecular weight is 276 g/mol. The number of amides is 1. The van der Waals surface area contributed by atoms with E-state index in [1.807, 2.05) is 0 Å². The van der Waals surface area contributed by atoms with E-state index in [4.69, 9.17) is 0 Å². The minimum Gasteiger partial charge on any atom is -0.376 e. The zero-order valence-electron chi connectivity index (χ0n) is 10.9. The summed E-state index contributed by atoms with van der Waals surface area (Å²) in [6, 6.07) is 10.2. The van der Waals surface area contributed by atoms with Gasteiger partial charge in [-0.15, -0.1) is 0 Å². The van der Waals surface area contributed by atoms with E-state index in [1.54, 1.807) is 19.1 Å². The van der Waals surface area contributed by atoms with E-state index in [0.29, 0.717) is 16.9 Å². The minimum atomic E-state index is -0.366. The number of aryl methyl sites for hydroxylation is 1. The third kappa shape index (κ3) is 3.78. The molecule has 2 rings (SSSR count). The number of carbonyl (C=O) groups excluding carboxylic acids is 1. The quantitative estimate of drug-likeness (QED) is 0.899. The van der Waals surface area contributed by atoms with Gasteiger partial charge in [0.2, 0.25) is 5.91 Å². The van der Waals surface area contributed by atoms with Gasteiger partial charge in [-0.25, -0.2) is 8.78 Å². The number of anilines is 2. The molecule has 0 bridgehead atoms. The Morgan fingerprint density at radius 2 is 1.70 bits per heavy atom. The van der Waals surface area contributed by atoms with Crippen LogP contribution in [-0.4, -0.2) is 12.5 Å².